The Kier molecular flexibility index (Phi) is 3.04. The fourth-order valence-corrected chi connectivity index (χ4v) is 1.27. The molecule has 14 heavy (non-hydrogen) atoms. The van der Waals surface area contributed by atoms with E-state index in [4.69, 9.17) is 4.74 Å². The molecule has 1 N–H and O–H groups in total. The van der Waals surface area contributed by atoms with Crippen LogP contribution in [0, 0.1) is 0 Å². The summed E-state index contributed by atoms with van der Waals surface area (Å²) in [6, 6.07) is 5.39. The molecule has 78 valence electrons. The van der Waals surface area contributed by atoms with E-state index in [2.05, 4.69) is 20.8 Å². The third kappa shape index (κ3) is 2.66. The van der Waals surface area contributed by atoms with Crippen LogP contribution in [-0.2, 0) is 5.41 Å². The minimum atomic E-state index is 0.0323. The lowest BCUT2D eigenvalue weighted by Crippen LogP contribution is -2.11. The number of phenolic OH excluding ortho intramolecular Hbond substituents is 1. The van der Waals surface area contributed by atoms with Crippen LogP contribution in [0.4, 0.5) is 0 Å². The lowest BCUT2D eigenvalue weighted by Gasteiger charge is -2.20. The zero-order chi connectivity index (χ0) is 10.8. The molecule has 0 radical (unpaired) electrons. The molecular weight excluding hydrogens is 176 g/mol. The molecule has 0 unspecified atom stereocenters. The SMILES string of the molecule is CCOc1cc(O)cc(C(C)(C)C)c1. The fraction of sp³-hybridized carbons (Fsp3) is 0.500. The molecule has 0 atom stereocenters. The van der Waals surface area contributed by atoms with E-state index >= 15 is 0 Å². The normalized spacial score (nSPS) is 11.4. The highest BCUT2D eigenvalue weighted by atomic mass is 16.5. The molecule has 0 amide bonds. The molecule has 0 saturated heterocycles. The fourth-order valence-electron chi connectivity index (χ4n) is 1.27. The molecule has 1 aromatic rings. The van der Waals surface area contributed by atoms with Gasteiger partial charge in [0, 0.05) is 6.07 Å². The van der Waals surface area contributed by atoms with E-state index in [0.717, 1.165) is 11.3 Å². The van der Waals surface area contributed by atoms with Gasteiger partial charge < -0.3 is 9.84 Å². The van der Waals surface area contributed by atoms with E-state index in [1.165, 1.54) is 0 Å². The zero-order valence-corrected chi connectivity index (χ0v) is 9.29. The molecule has 0 saturated carbocycles. The minimum Gasteiger partial charge on any atom is -0.508 e. The summed E-state index contributed by atoms with van der Waals surface area (Å²) in [5.74, 6) is 0.998. The maximum absolute atomic E-state index is 9.50. The number of hydrogen-bond donors (Lipinski definition) is 1. The van der Waals surface area contributed by atoms with Crippen molar-refractivity contribution in [2.45, 2.75) is 33.1 Å². The Balaban J connectivity index is 3.07. The van der Waals surface area contributed by atoms with Gasteiger partial charge in [-0.15, -0.1) is 0 Å². The number of rotatable bonds is 2. The molecular formula is C12H18O2. The summed E-state index contributed by atoms with van der Waals surface area (Å²) in [6.45, 7) is 8.88. The van der Waals surface area contributed by atoms with Crippen LogP contribution in [0.15, 0.2) is 18.2 Å². The van der Waals surface area contributed by atoms with E-state index in [1.807, 2.05) is 13.0 Å². The van der Waals surface area contributed by atoms with Crippen LogP contribution in [0.3, 0.4) is 0 Å². The lowest BCUT2D eigenvalue weighted by atomic mass is 9.87. The Labute approximate surface area is 85.5 Å². The number of benzene rings is 1. The molecule has 0 fully saturated rings. The van der Waals surface area contributed by atoms with Gasteiger partial charge in [0.2, 0.25) is 0 Å². The third-order valence-electron chi connectivity index (χ3n) is 2.07. The van der Waals surface area contributed by atoms with Gasteiger partial charge in [0.15, 0.2) is 0 Å². The van der Waals surface area contributed by atoms with Crippen LogP contribution in [0.5, 0.6) is 11.5 Å². The van der Waals surface area contributed by atoms with Crippen molar-refractivity contribution in [3.8, 4) is 11.5 Å². The predicted molar refractivity (Wildman–Crippen MR) is 58.0 cm³/mol. The average molecular weight is 194 g/mol. The van der Waals surface area contributed by atoms with Crippen LogP contribution >= 0.6 is 0 Å². The van der Waals surface area contributed by atoms with Gasteiger partial charge in [-0.05, 0) is 30.0 Å². The molecule has 1 rings (SSSR count). The molecule has 0 heterocycles. The van der Waals surface area contributed by atoms with Crippen molar-refractivity contribution in [3.63, 3.8) is 0 Å². The van der Waals surface area contributed by atoms with Gasteiger partial charge in [-0.25, -0.2) is 0 Å². The van der Waals surface area contributed by atoms with Gasteiger partial charge in [0.25, 0.3) is 0 Å². The smallest absolute Gasteiger partial charge is 0.123 e. The largest absolute Gasteiger partial charge is 0.508 e. The van der Waals surface area contributed by atoms with E-state index in [-0.39, 0.29) is 11.2 Å². The summed E-state index contributed by atoms with van der Waals surface area (Å²) in [7, 11) is 0. The summed E-state index contributed by atoms with van der Waals surface area (Å²) >= 11 is 0. The molecule has 1 aromatic carbocycles. The van der Waals surface area contributed by atoms with Gasteiger partial charge in [-0.1, -0.05) is 20.8 Å². The van der Waals surface area contributed by atoms with E-state index < -0.39 is 0 Å². The zero-order valence-electron chi connectivity index (χ0n) is 9.29. The average Bonchev–Trinajstić information content (AvgIpc) is 2.02. The number of phenols is 1. The van der Waals surface area contributed by atoms with Crippen molar-refractivity contribution in [3.05, 3.63) is 23.8 Å². The van der Waals surface area contributed by atoms with Gasteiger partial charge in [0.1, 0.15) is 11.5 Å². The predicted octanol–water partition coefficient (Wildman–Crippen LogP) is 3.09. The molecule has 0 aliphatic rings. The van der Waals surface area contributed by atoms with Crippen molar-refractivity contribution in [2.24, 2.45) is 0 Å². The summed E-state index contributed by atoms with van der Waals surface area (Å²) in [5.41, 5.74) is 1.12. The summed E-state index contributed by atoms with van der Waals surface area (Å²) in [6.07, 6.45) is 0. The monoisotopic (exact) mass is 194 g/mol. The van der Waals surface area contributed by atoms with E-state index in [1.54, 1.807) is 12.1 Å². The number of aromatic hydroxyl groups is 1. The topological polar surface area (TPSA) is 29.5 Å². The van der Waals surface area contributed by atoms with Gasteiger partial charge in [-0.3, -0.25) is 0 Å². The lowest BCUT2D eigenvalue weighted by molar-refractivity contribution is 0.336. The molecule has 0 bridgehead atoms. The number of ether oxygens (including phenoxy) is 1. The highest BCUT2D eigenvalue weighted by molar-refractivity contribution is 5.40. The first-order chi connectivity index (χ1) is 6.43. The van der Waals surface area contributed by atoms with Crippen LogP contribution in [0.1, 0.15) is 33.3 Å². The highest BCUT2D eigenvalue weighted by Gasteiger charge is 2.15. The second-order valence-corrected chi connectivity index (χ2v) is 4.40. The molecule has 0 spiro atoms. The van der Waals surface area contributed by atoms with Gasteiger partial charge in [0.05, 0.1) is 6.61 Å². The second kappa shape index (κ2) is 3.91. The highest BCUT2D eigenvalue weighted by Crippen LogP contribution is 2.30. The van der Waals surface area contributed by atoms with Crippen molar-refractivity contribution >= 4 is 0 Å². The Morgan fingerprint density at radius 1 is 1.21 bits per heavy atom. The van der Waals surface area contributed by atoms with E-state index in [9.17, 15) is 5.11 Å². The molecule has 0 aliphatic heterocycles. The summed E-state index contributed by atoms with van der Waals surface area (Å²) in [4.78, 5) is 0. The summed E-state index contributed by atoms with van der Waals surface area (Å²) in [5, 5.41) is 9.50. The van der Waals surface area contributed by atoms with Crippen LogP contribution in [0.25, 0.3) is 0 Å². The quantitative estimate of drug-likeness (QED) is 0.784. The van der Waals surface area contributed by atoms with Crippen molar-refractivity contribution in [1.29, 1.82) is 0 Å². The molecule has 2 heteroatoms. The van der Waals surface area contributed by atoms with Crippen LogP contribution < -0.4 is 4.74 Å². The molecule has 2 nitrogen and oxygen atoms in total. The van der Waals surface area contributed by atoms with E-state index in [0.29, 0.717) is 6.61 Å². The standard InChI is InChI=1S/C12H18O2/c1-5-14-11-7-9(12(2,3)4)6-10(13)8-11/h6-8,13H,5H2,1-4H3. The first-order valence-corrected chi connectivity index (χ1v) is 4.91. The Morgan fingerprint density at radius 3 is 2.36 bits per heavy atom. The Morgan fingerprint density at radius 2 is 1.86 bits per heavy atom. The van der Waals surface area contributed by atoms with Crippen molar-refractivity contribution < 1.29 is 9.84 Å². The summed E-state index contributed by atoms with van der Waals surface area (Å²) < 4.78 is 5.36. The maximum atomic E-state index is 9.50. The second-order valence-electron chi connectivity index (χ2n) is 4.40. The van der Waals surface area contributed by atoms with Gasteiger partial charge in [-0.2, -0.15) is 0 Å². The number of hydrogen-bond acceptors (Lipinski definition) is 2. The van der Waals surface area contributed by atoms with Crippen molar-refractivity contribution in [2.75, 3.05) is 6.61 Å². The minimum absolute atomic E-state index is 0.0323. The Hall–Kier alpha value is -1.18. The van der Waals surface area contributed by atoms with Crippen molar-refractivity contribution in [1.82, 2.24) is 0 Å². The first-order valence-electron chi connectivity index (χ1n) is 4.91. The maximum Gasteiger partial charge on any atom is 0.123 e. The molecule has 0 aliphatic carbocycles. The van der Waals surface area contributed by atoms with Gasteiger partial charge >= 0.3 is 0 Å². The van der Waals surface area contributed by atoms with Crippen LogP contribution in [-0.4, -0.2) is 11.7 Å². The third-order valence-corrected chi connectivity index (χ3v) is 2.07. The Bertz CT molecular complexity index is 311. The first kappa shape index (κ1) is 10.9. The molecule has 0 aromatic heterocycles. The van der Waals surface area contributed by atoms with Crippen LogP contribution in [0.2, 0.25) is 0 Å².